The summed E-state index contributed by atoms with van der Waals surface area (Å²) in [5.74, 6) is 0.842. The molecule has 5 nitrogen and oxygen atoms in total. The number of guanidine groups is 1. The Balaban J connectivity index is 0.00000288. The molecule has 1 aromatic rings. The van der Waals surface area contributed by atoms with Gasteiger partial charge in [-0.15, -0.1) is 24.0 Å². The van der Waals surface area contributed by atoms with E-state index in [2.05, 4.69) is 27.8 Å². The Labute approximate surface area is 162 Å². The molecule has 2 rings (SSSR count). The van der Waals surface area contributed by atoms with Crippen molar-refractivity contribution in [2.24, 2.45) is 4.99 Å². The molecule has 0 saturated carbocycles. The molecule has 0 spiro atoms. The van der Waals surface area contributed by atoms with Crippen LogP contribution in [0.4, 0.5) is 0 Å². The summed E-state index contributed by atoms with van der Waals surface area (Å²) in [5, 5.41) is 6.69. The topological polar surface area (TPSA) is 70.6 Å². The standard InChI is InChI=1S/C17H25N3O2S.HI/c1-3-18-17(20-15-6-4-5-7-15)19-13-12-14-8-10-16(11-9-14)23(2,21)22;/h4-5,8-11,15H,3,6-7,12-13H2,1-2H3,(H2,18,19,20);1H. The number of benzene rings is 1. The van der Waals surface area contributed by atoms with Crippen molar-refractivity contribution in [1.82, 2.24) is 10.6 Å². The molecule has 0 aliphatic heterocycles. The SMILES string of the molecule is CCNC(=NCCc1ccc(S(C)(=O)=O)cc1)NC1CC=CC1.I. The van der Waals surface area contributed by atoms with Crippen LogP contribution in [-0.4, -0.2) is 39.8 Å². The summed E-state index contributed by atoms with van der Waals surface area (Å²) in [6.45, 7) is 3.54. The summed E-state index contributed by atoms with van der Waals surface area (Å²) in [6.07, 6.45) is 8.45. The van der Waals surface area contributed by atoms with E-state index < -0.39 is 9.84 Å². The number of sulfone groups is 1. The third-order valence-corrected chi connectivity index (χ3v) is 4.84. The van der Waals surface area contributed by atoms with E-state index in [0.717, 1.165) is 37.3 Å². The minimum atomic E-state index is -3.13. The summed E-state index contributed by atoms with van der Waals surface area (Å²) in [5.41, 5.74) is 1.08. The number of aliphatic imine (C=N–C) groups is 1. The van der Waals surface area contributed by atoms with Crippen LogP contribution in [0.1, 0.15) is 25.3 Å². The van der Waals surface area contributed by atoms with Gasteiger partial charge >= 0.3 is 0 Å². The molecule has 24 heavy (non-hydrogen) atoms. The van der Waals surface area contributed by atoms with E-state index in [1.165, 1.54) is 6.26 Å². The van der Waals surface area contributed by atoms with Crippen molar-refractivity contribution in [1.29, 1.82) is 0 Å². The third-order valence-electron chi connectivity index (χ3n) is 3.71. The number of hydrogen-bond donors (Lipinski definition) is 2. The van der Waals surface area contributed by atoms with Crippen molar-refractivity contribution in [2.75, 3.05) is 19.3 Å². The third kappa shape index (κ3) is 6.80. The molecule has 7 heteroatoms. The quantitative estimate of drug-likeness (QED) is 0.295. The zero-order valence-electron chi connectivity index (χ0n) is 14.2. The highest BCUT2D eigenvalue weighted by atomic mass is 127. The molecule has 0 saturated heterocycles. The molecule has 134 valence electrons. The molecule has 2 N–H and O–H groups in total. The van der Waals surface area contributed by atoms with Crippen LogP contribution in [0.3, 0.4) is 0 Å². The maximum Gasteiger partial charge on any atom is 0.191 e. The van der Waals surface area contributed by atoms with Crippen molar-refractivity contribution in [3.63, 3.8) is 0 Å². The van der Waals surface area contributed by atoms with Gasteiger partial charge in [-0.25, -0.2) is 8.42 Å². The zero-order valence-corrected chi connectivity index (χ0v) is 17.3. The summed E-state index contributed by atoms with van der Waals surface area (Å²) >= 11 is 0. The Morgan fingerprint density at radius 3 is 2.38 bits per heavy atom. The van der Waals surface area contributed by atoms with Crippen LogP contribution in [0, 0.1) is 0 Å². The van der Waals surface area contributed by atoms with Crippen LogP contribution < -0.4 is 10.6 Å². The zero-order chi connectivity index (χ0) is 16.7. The van der Waals surface area contributed by atoms with Crippen LogP contribution in [0.5, 0.6) is 0 Å². The van der Waals surface area contributed by atoms with Crippen LogP contribution in [-0.2, 0) is 16.3 Å². The minimum Gasteiger partial charge on any atom is -0.357 e. The highest BCUT2D eigenvalue weighted by molar-refractivity contribution is 14.0. The molecule has 0 fully saturated rings. The first-order chi connectivity index (χ1) is 11.0. The average molecular weight is 463 g/mol. The lowest BCUT2D eigenvalue weighted by atomic mass is 10.1. The van der Waals surface area contributed by atoms with Crippen molar-refractivity contribution in [3.8, 4) is 0 Å². The largest absolute Gasteiger partial charge is 0.357 e. The lowest BCUT2D eigenvalue weighted by molar-refractivity contribution is 0.602. The van der Waals surface area contributed by atoms with Crippen molar-refractivity contribution in [2.45, 2.75) is 37.1 Å². The van der Waals surface area contributed by atoms with Gasteiger partial charge in [-0.2, -0.15) is 0 Å². The van der Waals surface area contributed by atoms with Gasteiger partial charge in [0.15, 0.2) is 15.8 Å². The smallest absolute Gasteiger partial charge is 0.191 e. The highest BCUT2D eigenvalue weighted by Crippen LogP contribution is 2.11. The summed E-state index contributed by atoms with van der Waals surface area (Å²) in [6, 6.07) is 7.45. The molecule has 1 aliphatic carbocycles. The number of nitrogens with one attached hydrogen (secondary N) is 2. The van der Waals surface area contributed by atoms with Crippen LogP contribution >= 0.6 is 24.0 Å². The summed E-state index contributed by atoms with van der Waals surface area (Å²) < 4.78 is 22.9. The Bertz CT molecular complexity index is 662. The highest BCUT2D eigenvalue weighted by Gasteiger charge is 2.11. The van der Waals surface area contributed by atoms with Crippen LogP contribution in [0.2, 0.25) is 0 Å². The van der Waals surface area contributed by atoms with Gasteiger partial charge in [0.05, 0.1) is 4.90 Å². The van der Waals surface area contributed by atoms with E-state index >= 15 is 0 Å². The van der Waals surface area contributed by atoms with E-state index in [4.69, 9.17) is 0 Å². The molecule has 1 aliphatic rings. The van der Waals surface area contributed by atoms with Crippen molar-refractivity contribution < 1.29 is 8.42 Å². The number of nitrogens with zero attached hydrogens (tertiary/aromatic N) is 1. The Morgan fingerprint density at radius 2 is 1.83 bits per heavy atom. The first kappa shape index (κ1) is 21.0. The first-order valence-electron chi connectivity index (χ1n) is 7.98. The van der Waals surface area contributed by atoms with E-state index in [1.54, 1.807) is 12.1 Å². The van der Waals surface area contributed by atoms with Gasteiger partial charge in [-0.05, 0) is 43.9 Å². The second-order valence-corrected chi connectivity index (χ2v) is 7.73. The predicted octanol–water partition coefficient (Wildman–Crippen LogP) is 2.52. The molecule has 0 bridgehead atoms. The number of halogens is 1. The van der Waals surface area contributed by atoms with E-state index in [-0.39, 0.29) is 24.0 Å². The van der Waals surface area contributed by atoms with Crippen molar-refractivity contribution >= 4 is 39.8 Å². The first-order valence-corrected chi connectivity index (χ1v) is 9.87. The molecule has 0 aromatic heterocycles. The van der Waals surface area contributed by atoms with E-state index in [9.17, 15) is 8.42 Å². The van der Waals surface area contributed by atoms with Gasteiger partial charge in [0, 0.05) is 25.4 Å². The molecule has 0 amide bonds. The Kier molecular flexibility index (Phi) is 8.75. The van der Waals surface area contributed by atoms with Gasteiger partial charge in [-0.3, -0.25) is 4.99 Å². The fourth-order valence-corrected chi connectivity index (χ4v) is 3.08. The van der Waals surface area contributed by atoms with Gasteiger partial charge in [0.2, 0.25) is 0 Å². The molecular weight excluding hydrogens is 437 g/mol. The van der Waals surface area contributed by atoms with Gasteiger partial charge in [-0.1, -0.05) is 24.3 Å². The minimum absolute atomic E-state index is 0. The molecular formula is C17H26IN3O2S. The summed E-state index contributed by atoms with van der Waals surface area (Å²) in [4.78, 5) is 4.95. The molecule has 1 aromatic carbocycles. The fourth-order valence-electron chi connectivity index (χ4n) is 2.45. The van der Waals surface area contributed by atoms with Crippen LogP contribution in [0.25, 0.3) is 0 Å². The lowest BCUT2D eigenvalue weighted by Gasteiger charge is -2.16. The Hall–Kier alpha value is -1.09. The predicted molar refractivity (Wildman–Crippen MR) is 110 cm³/mol. The molecule has 0 radical (unpaired) electrons. The van der Waals surface area contributed by atoms with E-state index in [0.29, 0.717) is 17.5 Å². The fraction of sp³-hybridized carbons (Fsp3) is 0.471. The second-order valence-electron chi connectivity index (χ2n) is 5.71. The number of hydrogen-bond acceptors (Lipinski definition) is 3. The second kappa shape index (κ2) is 10.0. The monoisotopic (exact) mass is 463 g/mol. The van der Waals surface area contributed by atoms with E-state index in [1.807, 2.05) is 19.1 Å². The van der Waals surface area contributed by atoms with Gasteiger partial charge in [0.1, 0.15) is 0 Å². The van der Waals surface area contributed by atoms with Crippen molar-refractivity contribution in [3.05, 3.63) is 42.0 Å². The Morgan fingerprint density at radius 1 is 1.21 bits per heavy atom. The number of rotatable bonds is 6. The normalized spacial score (nSPS) is 15.2. The molecule has 0 heterocycles. The average Bonchev–Trinajstić information content (AvgIpc) is 3.00. The molecule has 0 atom stereocenters. The molecule has 0 unspecified atom stereocenters. The maximum atomic E-state index is 11.4. The van der Waals surface area contributed by atoms with Crippen LogP contribution in [0.15, 0.2) is 46.3 Å². The summed E-state index contributed by atoms with van der Waals surface area (Å²) in [7, 11) is -3.13. The lowest BCUT2D eigenvalue weighted by Crippen LogP contribution is -2.42. The van der Waals surface area contributed by atoms with Gasteiger partial charge in [0.25, 0.3) is 0 Å². The van der Waals surface area contributed by atoms with Gasteiger partial charge < -0.3 is 10.6 Å². The maximum absolute atomic E-state index is 11.4.